The van der Waals surface area contributed by atoms with Gasteiger partial charge < -0.3 is 18.9 Å². The van der Waals surface area contributed by atoms with Crippen LogP contribution in [-0.2, 0) is 9.47 Å². The molecule has 0 aromatic heterocycles. The summed E-state index contributed by atoms with van der Waals surface area (Å²) in [6, 6.07) is 13.3. The zero-order chi connectivity index (χ0) is 22.9. The van der Waals surface area contributed by atoms with E-state index in [1.54, 1.807) is 48.5 Å². The van der Waals surface area contributed by atoms with Crippen molar-refractivity contribution >= 4 is 0 Å². The first kappa shape index (κ1) is 22.7. The Kier molecular flexibility index (Phi) is 6.26. The highest BCUT2D eigenvalue weighted by Gasteiger charge is 2.50. The van der Waals surface area contributed by atoms with Crippen LogP contribution in [0.25, 0.3) is 0 Å². The lowest BCUT2D eigenvalue weighted by Crippen LogP contribution is -2.42. The number of hydrogen-bond donors (Lipinski definition) is 0. The molecular formula is C22H20F6O4. The van der Waals surface area contributed by atoms with E-state index < -0.39 is 36.8 Å². The second kappa shape index (κ2) is 8.82. The molecule has 4 atom stereocenters. The minimum Gasteiger partial charge on any atom is -0.490 e. The lowest BCUT2D eigenvalue weighted by molar-refractivity contribution is -0.288. The maximum absolute atomic E-state index is 12.5. The fourth-order valence-corrected chi connectivity index (χ4v) is 3.49. The van der Waals surface area contributed by atoms with Crippen LogP contribution in [0.4, 0.5) is 26.3 Å². The number of alkyl halides is 6. The molecule has 2 aromatic carbocycles. The van der Waals surface area contributed by atoms with Crippen LogP contribution >= 0.6 is 0 Å². The topological polar surface area (TPSA) is 36.9 Å². The fraction of sp³-hybridized carbons (Fsp3) is 0.455. The van der Waals surface area contributed by atoms with Crippen LogP contribution in [0.15, 0.2) is 48.5 Å². The third kappa shape index (κ3) is 5.29. The molecule has 4 unspecified atom stereocenters. The third-order valence-corrected chi connectivity index (χ3v) is 5.37. The predicted molar refractivity (Wildman–Crippen MR) is 100 cm³/mol. The van der Waals surface area contributed by atoms with E-state index in [4.69, 9.17) is 18.9 Å². The maximum Gasteiger partial charge on any atom is 0.414 e. The van der Waals surface area contributed by atoms with Crippen molar-refractivity contribution in [3.05, 3.63) is 59.7 Å². The van der Waals surface area contributed by atoms with E-state index >= 15 is 0 Å². The van der Waals surface area contributed by atoms with Gasteiger partial charge in [0.25, 0.3) is 0 Å². The normalized spacial score (nSPS) is 25.6. The van der Waals surface area contributed by atoms with E-state index in [2.05, 4.69) is 0 Å². The molecule has 4 rings (SSSR count). The molecule has 2 heterocycles. The molecule has 0 aliphatic carbocycles. The van der Waals surface area contributed by atoms with Crippen LogP contribution < -0.4 is 9.47 Å². The van der Waals surface area contributed by atoms with Gasteiger partial charge in [-0.25, -0.2) is 0 Å². The molecule has 2 aliphatic rings. The standard InChI is InChI=1S/C22H20F6O4/c23-21(24,25)19-11-17(31-19)13-1-5-15(6-2-13)29-9-10-30-16-7-3-14(4-8-16)18-12-20(32-18)22(26,27)28/h1-8,17-20H,9-12H2. The predicted octanol–water partition coefficient (Wildman–Crippen LogP) is 5.93. The van der Waals surface area contributed by atoms with Crippen LogP contribution in [0.3, 0.4) is 0 Å². The lowest BCUT2D eigenvalue weighted by atomic mass is 9.97. The molecule has 0 bridgehead atoms. The van der Waals surface area contributed by atoms with Crippen LogP contribution in [-0.4, -0.2) is 37.8 Å². The molecule has 32 heavy (non-hydrogen) atoms. The molecule has 2 aliphatic heterocycles. The molecule has 0 N–H and O–H groups in total. The summed E-state index contributed by atoms with van der Waals surface area (Å²) in [5, 5.41) is 0. The molecule has 0 spiro atoms. The Morgan fingerprint density at radius 3 is 1.22 bits per heavy atom. The Labute approximate surface area is 180 Å². The summed E-state index contributed by atoms with van der Waals surface area (Å²) in [6.45, 7) is 0.465. The third-order valence-electron chi connectivity index (χ3n) is 5.37. The van der Waals surface area contributed by atoms with Gasteiger partial charge >= 0.3 is 12.4 Å². The first-order valence-electron chi connectivity index (χ1n) is 9.99. The van der Waals surface area contributed by atoms with E-state index in [-0.39, 0.29) is 26.1 Å². The number of ether oxygens (including phenoxy) is 4. The van der Waals surface area contributed by atoms with Crippen molar-refractivity contribution in [2.24, 2.45) is 0 Å². The highest BCUT2D eigenvalue weighted by Crippen LogP contribution is 2.44. The number of hydrogen-bond acceptors (Lipinski definition) is 4. The smallest absolute Gasteiger partial charge is 0.414 e. The van der Waals surface area contributed by atoms with E-state index in [0.29, 0.717) is 22.6 Å². The first-order valence-corrected chi connectivity index (χ1v) is 9.99. The largest absolute Gasteiger partial charge is 0.490 e. The molecule has 174 valence electrons. The summed E-state index contributed by atoms with van der Waals surface area (Å²) in [5.74, 6) is 1.08. The number of halogens is 6. The van der Waals surface area contributed by atoms with Crippen molar-refractivity contribution in [1.82, 2.24) is 0 Å². The zero-order valence-electron chi connectivity index (χ0n) is 16.7. The van der Waals surface area contributed by atoms with Crippen molar-refractivity contribution in [2.75, 3.05) is 13.2 Å². The van der Waals surface area contributed by atoms with Crippen molar-refractivity contribution in [2.45, 2.75) is 49.6 Å². The van der Waals surface area contributed by atoms with E-state index in [1.807, 2.05) is 0 Å². The Morgan fingerprint density at radius 1 is 0.625 bits per heavy atom. The zero-order valence-corrected chi connectivity index (χ0v) is 16.7. The van der Waals surface area contributed by atoms with Crippen molar-refractivity contribution < 1.29 is 45.3 Å². The monoisotopic (exact) mass is 462 g/mol. The summed E-state index contributed by atoms with van der Waals surface area (Å²) in [5.41, 5.74) is 1.32. The Morgan fingerprint density at radius 2 is 0.938 bits per heavy atom. The molecule has 2 aromatic rings. The molecule has 2 saturated heterocycles. The summed E-state index contributed by atoms with van der Waals surface area (Å²) in [6.07, 6.45) is -13.4. The van der Waals surface area contributed by atoms with Crippen LogP contribution in [0.2, 0.25) is 0 Å². The van der Waals surface area contributed by atoms with Crippen molar-refractivity contribution in [1.29, 1.82) is 0 Å². The summed E-state index contributed by atoms with van der Waals surface area (Å²) < 4.78 is 95.7. The molecule has 0 saturated carbocycles. The number of rotatable bonds is 7. The first-order chi connectivity index (χ1) is 15.1. The van der Waals surface area contributed by atoms with Gasteiger partial charge in [0.2, 0.25) is 0 Å². The molecule has 0 radical (unpaired) electrons. The van der Waals surface area contributed by atoms with Crippen molar-refractivity contribution in [3.8, 4) is 11.5 Å². The van der Waals surface area contributed by atoms with Crippen LogP contribution in [0.5, 0.6) is 11.5 Å². The van der Waals surface area contributed by atoms with Gasteiger partial charge in [0, 0.05) is 12.8 Å². The SMILES string of the molecule is FC(F)(F)C1CC(c2ccc(OCCOc3ccc(C4CC(C(F)(F)F)O4)cc3)cc2)O1. The Hall–Kier alpha value is -2.46. The van der Waals surface area contributed by atoms with E-state index in [0.717, 1.165) is 0 Å². The summed E-state index contributed by atoms with van der Waals surface area (Å²) in [7, 11) is 0. The summed E-state index contributed by atoms with van der Waals surface area (Å²) in [4.78, 5) is 0. The molecule has 10 heteroatoms. The molecule has 4 nitrogen and oxygen atoms in total. The van der Waals surface area contributed by atoms with Gasteiger partial charge in [-0.2, -0.15) is 26.3 Å². The van der Waals surface area contributed by atoms with Gasteiger partial charge in [0.15, 0.2) is 12.2 Å². The average molecular weight is 462 g/mol. The summed E-state index contributed by atoms with van der Waals surface area (Å²) >= 11 is 0. The Balaban J connectivity index is 1.15. The van der Waals surface area contributed by atoms with Gasteiger partial charge in [-0.1, -0.05) is 24.3 Å². The van der Waals surface area contributed by atoms with Crippen molar-refractivity contribution in [3.63, 3.8) is 0 Å². The lowest BCUT2D eigenvalue weighted by Gasteiger charge is -2.37. The highest BCUT2D eigenvalue weighted by atomic mass is 19.4. The molecule has 2 fully saturated rings. The van der Waals surface area contributed by atoms with Gasteiger partial charge in [0.05, 0.1) is 12.2 Å². The molecular weight excluding hydrogens is 442 g/mol. The quantitative estimate of drug-likeness (QED) is 0.378. The average Bonchev–Trinajstić information content (AvgIpc) is 2.63. The van der Waals surface area contributed by atoms with Gasteiger partial charge in [-0.3, -0.25) is 0 Å². The minimum absolute atomic E-state index is 0.0912. The van der Waals surface area contributed by atoms with Gasteiger partial charge in [-0.05, 0) is 35.4 Å². The fourth-order valence-electron chi connectivity index (χ4n) is 3.49. The van der Waals surface area contributed by atoms with Crippen LogP contribution in [0.1, 0.15) is 36.2 Å². The minimum atomic E-state index is -4.33. The van der Waals surface area contributed by atoms with Gasteiger partial charge in [-0.15, -0.1) is 0 Å². The van der Waals surface area contributed by atoms with Crippen LogP contribution in [0, 0.1) is 0 Å². The van der Waals surface area contributed by atoms with E-state index in [1.165, 1.54) is 0 Å². The maximum atomic E-state index is 12.5. The second-order valence-electron chi connectivity index (χ2n) is 7.62. The second-order valence-corrected chi connectivity index (χ2v) is 7.62. The number of benzene rings is 2. The van der Waals surface area contributed by atoms with Gasteiger partial charge in [0.1, 0.15) is 24.7 Å². The Bertz CT molecular complexity index is 807. The molecule has 0 amide bonds. The van der Waals surface area contributed by atoms with E-state index in [9.17, 15) is 26.3 Å². The highest BCUT2D eigenvalue weighted by molar-refractivity contribution is 5.30.